The van der Waals surface area contributed by atoms with Crippen molar-refractivity contribution >= 4 is 0 Å². The Bertz CT molecular complexity index is 84.3. The van der Waals surface area contributed by atoms with Gasteiger partial charge in [-0.05, 0) is 13.8 Å². The first-order valence-electron chi connectivity index (χ1n) is 3.46. The van der Waals surface area contributed by atoms with E-state index in [2.05, 4.69) is 19.2 Å². The number of piperazine rings is 1. The van der Waals surface area contributed by atoms with E-state index in [4.69, 9.17) is 5.84 Å². The van der Waals surface area contributed by atoms with Gasteiger partial charge in [0, 0.05) is 25.2 Å². The number of nitrogens with one attached hydrogen (secondary N) is 1. The Hall–Kier alpha value is -0.120. The maximum Gasteiger partial charge on any atom is 0.0364 e. The predicted molar refractivity (Wildman–Crippen MR) is 37.8 cm³/mol. The molecule has 3 heteroatoms. The molecule has 54 valence electrons. The van der Waals surface area contributed by atoms with Gasteiger partial charge in [0.1, 0.15) is 0 Å². The Morgan fingerprint density at radius 1 is 1.56 bits per heavy atom. The molecule has 1 rings (SSSR count). The number of hydrogen-bond acceptors (Lipinski definition) is 3. The van der Waals surface area contributed by atoms with E-state index in [1.54, 1.807) is 0 Å². The first kappa shape index (κ1) is 6.99. The Kier molecular flexibility index (Phi) is 2.05. The van der Waals surface area contributed by atoms with Crippen molar-refractivity contribution in [3.8, 4) is 0 Å². The fourth-order valence-corrected chi connectivity index (χ4v) is 1.08. The van der Waals surface area contributed by atoms with E-state index in [9.17, 15) is 0 Å². The van der Waals surface area contributed by atoms with Gasteiger partial charge < -0.3 is 5.32 Å². The smallest absolute Gasteiger partial charge is 0.0364 e. The van der Waals surface area contributed by atoms with E-state index in [1.165, 1.54) is 0 Å². The molecule has 0 saturated carbocycles. The normalized spacial score (nSPS) is 39.0. The zero-order chi connectivity index (χ0) is 6.85. The van der Waals surface area contributed by atoms with Crippen molar-refractivity contribution in [1.82, 2.24) is 10.3 Å². The number of hydrogen-bond donors (Lipinski definition) is 2. The second-order valence-electron chi connectivity index (χ2n) is 2.72. The van der Waals surface area contributed by atoms with Gasteiger partial charge in [0.2, 0.25) is 0 Å². The van der Waals surface area contributed by atoms with Crippen LogP contribution in [0.1, 0.15) is 13.8 Å². The highest BCUT2D eigenvalue weighted by Gasteiger charge is 2.20. The number of nitrogens with two attached hydrogens (primary N) is 1. The zero-order valence-corrected chi connectivity index (χ0v) is 6.09. The van der Waals surface area contributed by atoms with Crippen LogP contribution in [0.15, 0.2) is 0 Å². The van der Waals surface area contributed by atoms with Crippen LogP contribution < -0.4 is 11.2 Å². The van der Waals surface area contributed by atoms with Crippen LogP contribution in [-0.4, -0.2) is 30.2 Å². The molecule has 1 fully saturated rings. The van der Waals surface area contributed by atoms with E-state index in [1.807, 2.05) is 5.01 Å². The molecule has 1 heterocycles. The molecule has 0 spiro atoms. The van der Waals surface area contributed by atoms with Crippen LogP contribution >= 0.6 is 0 Å². The first-order chi connectivity index (χ1) is 4.22. The van der Waals surface area contributed by atoms with Crippen LogP contribution in [0.5, 0.6) is 0 Å². The highest BCUT2D eigenvalue weighted by atomic mass is 15.4. The van der Waals surface area contributed by atoms with Crippen molar-refractivity contribution in [3.63, 3.8) is 0 Å². The van der Waals surface area contributed by atoms with E-state index in [0.29, 0.717) is 12.1 Å². The summed E-state index contributed by atoms with van der Waals surface area (Å²) in [6.45, 7) is 6.27. The minimum absolute atomic E-state index is 0.471. The van der Waals surface area contributed by atoms with Crippen molar-refractivity contribution in [2.45, 2.75) is 25.9 Å². The van der Waals surface area contributed by atoms with Gasteiger partial charge in [-0.2, -0.15) is 0 Å². The molecule has 0 bridgehead atoms. The van der Waals surface area contributed by atoms with Crippen molar-refractivity contribution in [3.05, 3.63) is 0 Å². The Balaban J connectivity index is 2.41. The van der Waals surface area contributed by atoms with E-state index < -0.39 is 0 Å². The van der Waals surface area contributed by atoms with Gasteiger partial charge in [0.15, 0.2) is 0 Å². The van der Waals surface area contributed by atoms with Crippen molar-refractivity contribution in [2.24, 2.45) is 5.84 Å². The minimum atomic E-state index is 0.471. The number of rotatable bonds is 0. The topological polar surface area (TPSA) is 41.3 Å². The summed E-state index contributed by atoms with van der Waals surface area (Å²) in [7, 11) is 0. The Labute approximate surface area is 56.2 Å². The Morgan fingerprint density at radius 2 is 2.22 bits per heavy atom. The average molecular weight is 129 g/mol. The van der Waals surface area contributed by atoms with Gasteiger partial charge in [0.05, 0.1) is 0 Å². The number of nitrogens with zero attached hydrogens (tertiary/aromatic N) is 1. The van der Waals surface area contributed by atoms with E-state index in [-0.39, 0.29) is 0 Å². The minimum Gasteiger partial charge on any atom is -0.311 e. The molecule has 0 aromatic rings. The molecule has 2 unspecified atom stereocenters. The standard InChI is InChI=1S/C6H15N3/c1-5-6(2)9(7)4-3-8-5/h5-6,8H,3-4,7H2,1-2H3. The van der Waals surface area contributed by atoms with Gasteiger partial charge in [-0.25, -0.2) is 5.01 Å². The molecule has 0 amide bonds. The lowest BCUT2D eigenvalue weighted by atomic mass is 10.1. The summed E-state index contributed by atoms with van der Waals surface area (Å²) in [6.07, 6.45) is 0. The SMILES string of the molecule is CC1NCCN(N)C1C. The molecule has 3 N–H and O–H groups in total. The molecule has 1 saturated heterocycles. The fraction of sp³-hybridized carbons (Fsp3) is 1.00. The molecule has 1 aliphatic rings. The predicted octanol–water partition coefficient (Wildman–Crippen LogP) is -0.458. The highest BCUT2D eigenvalue weighted by molar-refractivity contribution is 4.79. The van der Waals surface area contributed by atoms with Crippen molar-refractivity contribution < 1.29 is 0 Å². The molecule has 2 atom stereocenters. The monoisotopic (exact) mass is 129 g/mol. The van der Waals surface area contributed by atoms with Crippen LogP contribution in [0.4, 0.5) is 0 Å². The molecule has 0 aliphatic carbocycles. The van der Waals surface area contributed by atoms with Gasteiger partial charge >= 0.3 is 0 Å². The maximum absolute atomic E-state index is 5.66. The molecule has 0 aromatic heterocycles. The van der Waals surface area contributed by atoms with Crippen molar-refractivity contribution in [2.75, 3.05) is 13.1 Å². The third-order valence-corrected chi connectivity index (χ3v) is 2.08. The molecule has 3 nitrogen and oxygen atoms in total. The van der Waals surface area contributed by atoms with E-state index >= 15 is 0 Å². The molecular formula is C6H15N3. The lowest BCUT2D eigenvalue weighted by Crippen LogP contribution is -2.57. The van der Waals surface area contributed by atoms with Gasteiger partial charge in [-0.3, -0.25) is 5.84 Å². The second-order valence-corrected chi connectivity index (χ2v) is 2.72. The molecule has 0 radical (unpaired) electrons. The molecule has 0 aromatic carbocycles. The third kappa shape index (κ3) is 1.41. The van der Waals surface area contributed by atoms with Crippen LogP contribution in [0, 0.1) is 0 Å². The summed E-state index contributed by atoms with van der Waals surface area (Å²) in [5.41, 5.74) is 0. The second kappa shape index (κ2) is 2.64. The summed E-state index contributed by atoms with van der Waals surface area (Å²) < 4.78 is 0. The quantitative estimate of drug-likeness (QED) is 0.435. The van der Waals surface area contributed by atoms with Crippen LogP contribution in [0.25, 0.3) is 0 Å². The molecule has 1 aliphatic heterocycles. The summed E-state index contributed by atoms with van der Waals surface area (Å²) >= 11 is 0. The lowest BCUT2D eigenvalue weighted by Gasteiger charge is -2.35. The lowest BCUT2D eigenvalue weighted by molar-refractivity contribution is 0.140. The Morgan fingerprint density at radius 3 is 2.67 bits per heavy atom. The van der Waals surface area contributed by atoms with Crippen molar-refractivity contribution in [1.29, 1.82) is 0 Å². The van der Waals surface area contributed by atoms with Crippen LogP contribution in [0.2, 0.25) is 0 Å². The summed E-state index contributed by atoms with van der Waals surface area (Å²) in [6, 6.07) is 1.00. The molecule has 9 heavy (non-hydrogen) atoms. The summed E-state index contributed by atoms with van der Waals surface area (Å²) in [4.78, 5) is 0. The zero-order valence-electron chi connectivity index (χ0n) is 6.09. The van der Waals surface area contributed by atoms with Gasteiger partial charge in [-0.1, -0.05) is 0 Å². The van der Waals surface area contributed by atoms with E-state index in [0.717, 1.165) is 13.1 Å². The first-order valence-corrected chi connectivity index (χ1v) is 3.46. The summed E-state index contributed by atoms with van der Waals surface area (Å²) in [5, 5.41) is 5.23. The summed E-state index contributed by atoms with van der Waals surface area (Å²) in [5.74, 6) is 5.66. The number of hydrazine groups is 1. The largest absolute Gasteiger partial charge is 0.311 e. The van der Waals surface area contributed by atoms with Gasteiger partial charge in [0.25, 0.3) is 0 Å². The highest BCUT2D eigenvalue weighted by Crippen LogP contribution is 2.02. The maximum atomic E-state index is 5.66. The fourth-order valence-electron chi connectivity index (χ4n) is 1.08. The average Bonchev–Trinajstić information content (AvgIpc) is 1.83. The van der Waals surface area contributed by atoms with Crippen LogP contribution in [-0.2, 0) is 0 Å². The van der Waals surface area contributed by atoms with Crippen LogP contribution in [0.3, 0.4) is 0 Å². The third-order valence-electron chi connectivity index (χ3n) is 2.08. The van der Waals surface area contributed by atoms with Gasteiger partial charge in [-0.15, -0.1) is 0 Å². The molecular weight excluding hydrogens is 114 g/mol.